The van der Waals surface area contributed by atoms with Crippen LogP contribution in [0.4, 0.5) is 5.82 Å². The van der Waals surface area contributed by atoms with E-state index >= 15 is 0 Å². The van der Waals surface area contributed by atoms with Crippen LogP contribution in [0.25, 0.3) is 0 Å². The van der Waals surface area contributed by atoms with E-state index in [4.69, 9.17) is 9.47 Å². The Labute approximate surface area is 149 Å². The van der Waals surface area contributed by atoms with Gasteiger partial charge in [-0.15, -0.1) is 0 Å². The fourth-order valence-electron chi connectivity index (χ4n) is 3.01. The van der Waals surface area contributed by atoms with E-state index < -0.39 is 0 Å². The largest absolute Gasteiger partial charge is 0.376 e. The summed E-state index contributed by atoms with van der Waals surface area (Å²) < 4.78 is 11.3. The molecule has 2 aliphatic rings. The topological polar surface area (TPSA) is 79.8 Å². The van der Waals surface area contributed by atoms with E-state index in [1.807, 2.05) is 18.2 Å². The van der Waals surface area contributed by atoms with Crippen LogP contribution in [0.2, 0.25) is 0 Å². The van der Waals surface area contributed by atoms with Crippen molar-refractivity contribution in [3.05, 3.63) is 24.4 Å². The van der Waals surface area contributed by atoms with E-state index in [1.54, 1.807) is 6.20 Å². The second-order valence-corrected chi connectivity index (χ2v) is 6.41. The first kappa shape index (κ1) is 17.9. The van der Waals surface area contributed by atoms with E-state index in [0.29, 0.717) is 12.6 Å². The van der Waals surface area contributed by atoms with Crippen LogP contribution in [-0.4, -0.2) is 62.5 Å². The van der Waals surface area contributed by atoms with Gasteiger partial charge in [0.25, 0.3) is 0 Å². The Morgan fingerprint density at radius 3 is 2.64 bits per heavy atom. The molecule has 0 saturated carbocycles. The SMILES string of the molecule is c1ccc(NCCNC(=NCC2CCCO2)NCC2CCCO2)nc1. The van der Waals surface area contributed by atoms with Crippen molar-refractivity contribution < 1.29 is 9.47 Å². The lowest BCUT2D eigenvalue weighted by Gasteiger charge is -2.16. The maximum absolute atomic E-state index is 5.67. The summed E-state index contributed by atoms with van der Waals surface area (Å²) in [4.78, 5) is 8.94. The van der Waals surface area contributed by atoms with Gasteiger partial charge in [0.2, 0.25) is 0 Å². The average molecular weight is 347 g/mol. The summed E-state index contributed by atoms with van der Waals surface area (Å²) >= 11 is 0. The van der Waals surface area contributed by atoms with Crippen molar-refractivity contribution >= 4 is 11.8 Å². The van der Waals surface area contributed by atoms with E-state index in [-0.39, 0.29) is 6.10 Å². The van der Waals surface area contributed by atoms with Gasteiger partial charge in [0.15, 0.2) is 5.96 Å². The number of anilines is 1. The first-order valence-electron chi connectivity index (χ1n) is 9.30. The standard InChI is InChI=1S/C18H29N5O2/c1-2-8-19-17(7-1)20-9-10-21-18(22-13-15-5-3-11-24-15)23-14-16-6-4-12-25-16/h1-2,7-8,15-16H,3-6,9-14H2,(H,19,20)(H2,21,22,23). The molecule has 0 spiro atoms. The summed E-state index contributed by atoms with van der Waals surface area (Å²) in [5.74, 6) is 1.71. The third-order valence-electron chi connectivity index (χ3n) is 4.39. The number of pyridine rings is 1. The second-order valence-electron chi connectivity index (χ2n) is 6.41. The Hall–Kier alpha value is -1.86. The van der Waals surface area contributed by atoms with Gasteiger partial charge in [0, 0.05) is 39.0 Å². The molecule has 1 aromatic heterocycles. The minimum absolute atomic E-state index is 0.257. The molecular weight excluding hydrogens is 318 g/mol. The molecule has 1 aromatic rings. The molecule has 2 unspecified atom stereocenters. The summed E-state index contributed by atoms with van der Waals surface area (Å²) in [5, 5.41) is 10.1. The molecule has 0 bridgehead atoms. The molecule has 2 saturated heterocycles. The van der Waals surface area contributed by atoms with Crippen LogP contribution in [0.15, 0.2) is 29.4 Å². The normalized spacial score (nSPS) is 23.6. The minimum atomic E-state index is 0.257. The molecule has 2 fully saturated rings. The molecule has 2 aliphatic heterocycles. The van der Waals surface area contributed by atoms with Gasteiger partial charge in [0.05, 0.1) is 18.8 Å². The predicted molar refractivity (Wildman–Crippen MR) is 99.0 cm³/mol. The van der Waals surface area contributed by atoms with Crippen molar-refractivity contribution in [2.24, 2.45) is 4.99 Å². The number of nitrogens with one attached hydrogen (secondary N) is 3. The Balaban J connectivity index is 1.41. The fourth-order valence-corrected chi connectivity index (χ4v) is 3.01. The predicted octanol–water partition coefficient (Wildman–Crippen LogP) is 1.39. The van der Waals surface area contributed by atoms with Gasteiger partial charge in [-0.2, -0.15) is 0 Å². The summed E-state index contributed by atoms with van der Waals surface area (Å²) in [6.07, 6.45) is 6.84. The molecule has 7 heteroatoms. The third kappa shape index (κ3) is 6.51. The average Bonchev–Trinajstić information content (AvgIpc) is 3.35. The maximum Gasteiger partial charge on any atom is 0.191 e. The lowest BCUT2D eigenvalue weighted by Crippen LogP contribution is -2.43. The molecule has 25 heavy (non-hydrogen) atoms. The molecule has 0 aromatic carbocycles. The van der Waals surface area contributed by atoms with Crippen LogP contribution in [0, 0.1) is 0 Å². The van der Waals surface area contributed by atoms with Crippen LogP contribution in [0.5, 0.6) is 0 Å². The van der Waals surface area contributed by atoms with Gasteiger partial charge < -0.3 is 25.4 Å². The summed E-state index contributed by atoms with van der Waals surface area (Å²) in [5.41, 5.74) is 0. The van der Waals surface area contributed by atoms with E-state index in [1.165, 1.54) is 0 Å². The Bertz CT molecular complexity index is 513. The zero-order valence-electron chi connectivity index (χ0n) is 14.7. The summed E-state index contributed by atoms with van der Waals surface area (Å²) in [7, 11) is 0. The number of ether oxygens (including phenoxy) is 2. The van der Waals surface area contributed by atoms with Gasteiger partial charge in [-0.1, -0.05) is 6.07 Å². The van der Waals surface area contributed by atoms with Gasteiger partial charge in [-0.3, -0.25) is 4.99 Å². The highest BCUT2D eigenvalue weighted by molar-refractivity contribution is 5.79. The molecule has 2 atom stereocenters. The second kappa shape index (κ2) is 10.2. The summed E-state index contributed by atoms with van der Waals surface area (Å²) in [6, 6.07) is 5.84. The monoisotopic (exact) mass is 347 g/mol. The highest BCUT2D eigenvalue weighted by Crippen LogP contribution is 2.12. The van der Waals surface area contributed by atoms with Crippen LogP contribution in [0.3, 0.4) is 0 Å². The minimum Gasteiger partial charge on any atom is -0.376 e. The van der Waals surface area contributed by atoms with E-state index in [2.05, 4.69) is 25.9 Å². The smallest absolute Gasteiger partial charge is 0.191 e. The van der Waals surface area contributed by atoms with Gasteiger partial charge in [-0.05, 0) is 37.8 Å². The number of rotatable bonds is 8. The number of hydrogen-bond donors (Lipinski definition) is 3. The lowest BCUT2D eigenvalue weighted by molar-refractivity contribution is 0.113. The first-order valence-corrected chi connectivity index (χ1v) is 9.30. The highest BCUT2D eigenvalue weighted by atomic mass is 16.5. The summed E-state index contributed by atoms with van der Waals surface area (Å²) in [6.45, 7) is 4.77. The zero-order chi connectivity index (χ0) is 17.2. The highest BCUT2D eigenvalue weighted by Gasteiger charge is 2.17. The molecular formula is C18H29N5O2. The molecule has 3 N–H and O–H groups in total. The van der Waals surface area contributed by atoms with Gasteiger partial charge in [-0.25, -0.2) is 4.98 Å². The van der Waals surface area contributed by atoms with Crippen molar-refractivity contribution in [2.75, 3.05) is 44.7 Å². The third-order valence-corrected chi connectivity index (χ3v) is 4.39. The Morgan fingerprint density at radius 2 is 1.92 bits per heavy atom. The van der Waals surface area contributed by atoms with Crippen molar-refractivity contribution in [1.29, 1.82) is 0 Å². The number of hydrogen-bond acceptors (Lipinski definition) is 5. The number of nitrogens with zero attached hydrogens (tertiary/aromatic N) is 2. The quantitative estimate of drug-likeness (QED) is 0.375. The molecule has 7 nitrogen and oxygen atoms in total. The van der Waals surface area contributed by atoms with Crippen molar-refractivity contribution in [3.63, 3.8) is 0 Å². The number of aliphatic imine (C=N–C) groups is 1. The molecule has 3 rings (SSSR count). The molecule has 0 aliphatic carbocycles. The molecule has 138 valence electrons. The van der Waals surface area contributed by atoms with Crippen LogP contribution < -0.4 is 16.0 Å². The van der Waals surface area contributed by atoms with Crippen molar-refractivity contribution in [3.8, 4) is 0 Å². The van der Waals surface area contributed by atoms with E-state index in [0.717, 1.165) is 70.3 Å². The molecule has 0 radical (unpaired) electrons. The van der Waals surface area contributed by atoms with Crippen molar-refractivity contribution in [2.45, 2.75) is 37.9 Å². The van der Waals surface area contributed by atoms with E-state index in [9.17, 15) is 0 Å². The number of guanidine groups is 1. The van der Waals surface area contributed by atoms with Gasteiger partial charge in [0.1, 0.15) is 5.82 Å². The first-order chi connectivity index (χ1) is 12.4. The zero-order valence-corrected chi connectivity index (χ0v) is 14.7. The van der Waals surface area contributed by atoms with Crippen LogP contribution in [-0.2, 0) is 9.47 Å². The maximum atomic E-state index is 5.67. The Kier molecular flexibility index (Phi) is 7.32. The molecule has 3 heterocycles. The van der Waals surface area contributed by atoms with Crippen LogP contribution >= 0.6 is 0 Å². The van der Waals surface area contributed by atoms with Gasteiger partial charge >= 0.3 is 0 Å². The Morgan fingerprint density at radius 1 is 1.08 bits per heavy atom. The van der Waals surface area contributed by atoms with Crippen LogP contribution in [0.1, 0.15) is 25.7 Å². The fraction of sp³-hybridized carbons (Fsp3) is 0.667. The van der Waals surface area contributed by atoms with Crippen molar-refractivity contribution in [1.82, 2.24) is 15.6 Å². The number of aromatic nitrogens is 1. The lowest BCUT2D eigenvalue weighted by atomic mass is 10.2. The molecule has 0 amide bonds.